The predicted octanol–water partition coefficient (Wildman–Crippen LogP) is 3.41. The molecule has 104 valence electrons. The van der Waals surface area contributed by atoms with Gasteiger partial charge in [0.05, 0.1) is 12.1 Å². The minimum absolute atomic E-state index is 0.134. The summed E-state index contributed by atoms with van der Waals surface area (Å²) in [6, 6.07) is 8.70. The topological polar surface area (TPSA) is 59.3 Å². The van der Waals surface area contributed by atoms with Crippen molar-refractivity contribution < 1.29 is 14.7 Å². The number of carbonyl (C=O) groups excluding carboxylic acids is 1. The van der Waals surface area contributed by atoms with Gasteiger partial charge < -0.3 is 9.67 Å². The molecule has 1 aromatic carbocycles. The third-order valence-electron chi connectivity index (χ3n) is 2.96. The van der Waals surface area contributed by atoms with Crippen LogP contribution in [0.4, 0.5) is 0 Å². The van der Waals surface area contributed by atoms with Gasteiger partial charge in [0.1, 0.15) is 0 Å². The first-order valence-corrected chi connectivity index (χ1v) is 7.35. The Morgan fingerprint density at radius 2 is 1.80 bits per heavy atom. The van der Waals surface area contributed by atoms with E-state index in [2.05, 4.69) is 31.9 Å². The molecule has 1 aromatic heterocycles. The highest BCUT2D eigenvalue weighted by Crippen LogP contribution is 2.24. The summed E-state index contributed by atoms with van der Waals surface area (Å²) in [5.74, 6) is -1.08. The normalized spacial score (nSPS) is 10.6. The van der Waals surface area contributed by atoms with E-state index in [0.717, 1.165) is 4.47 Å². The second-order valence-corrected chi connectivity index (χ2v) is 6.06. The molecular formula is C14H11Br2NO3. The molecule has 0 saturated heterocycles. The molecule has 20 heavy (non-hydrogen) atoms. The number of rotatable bonds is 4. The third kappa shape index (κ3) is 3.02. The molecular weight excluding hydrogens is 390 g/mol. The Hall–Kier alpha value is -1.40. The van der Waals surface area contributed by atoms with Gasteiger partial charge in [0.15, 0.2) is 0 Å². The van der Waals surface area contributed by atoms with Crippen molar-refractivity contribution in [2.24, 2.45) is 7.05 Å². The van der Waals surface area contributed by atoms with Gasteiger partial charge in [0, 0.05) is 27.3 Å². The van der Waals surface area contributed by atoms with E-state index in [1.807, 2.05) is 0 Å². The summed E-state index contributed by atoms with van der Waals surface area (Å²) in [4.78, 5) is 23.3. The lowest BCUT2D eigenvalue weighted by Gasteiger charge is -2.06. The highest BCUT2D eigenvalue weighted by Gasteiger charge is 2.19. The van der Waals surface area contributed by atoms with E-state index in [-0.39, 0.29) is 12.2 Å². The molecule has 2 rings (SSSR count). The van der Waals surface area contributed by atoms with E-state index >= 15 is 0 Å². The van der Waals surface area contributed by atoms with Crippen LogP contribution < -0.4 is 0 Å². The lowest BCUT2D eigenvalue weighted by Crippen LogP contribution is -2.11. The van der Waals surface area contributed by atoms with Gasteiger partial charge in [-0.05, 0) is 46.3 Å². The van der Waals surface area contributed by atoms with Gasteiger partial charge in [-0.25, -0.2) is 0 Å². The minimum atomic E-state index is -0.936. The summed E-state index contributed by atoms with van der Waals surface area (Å²) in [6.07, 6.45) is -0.134. The number of benzene rings is 1. The first-order valence-electron chi connectivity index (χ1n) is 5.76. The zero-order valence-electron chi connectivity index (χ0n) is 10.6. The maximum Gasteiger partial charge on any atom is 0.309 e. The summed E-state index contributed by atoms with van der Waals surface area (Å²) in [5, 5.41) is 8.89. The van der Waals surface area contributed by atoms with Gasteiger partial charge in [-0.3, -0.25) is 9.59 Å². The third-order valence-corrected chi connectivity index (χ3v) is 4.18. The van der Waals surface area contributed by atoms with Gasteiger partial charge in [0.25, 0.3) is 0 Å². The largest absolute Gasteiger partial charge is 0.481 e. The smallest absolute Gasteiger partial charge is 0.309 e. The maximum atomic E-state index is 12.4. The first-order chi connectivity index (χ1) is 9.40. The van der Waals surface area contributed by atoms with Crippen molar-refractivity contribution in [1.82, 2.24) is 4.57 Å². The van der Waals surface area contributed by atoms with Crippen LogP contribution >= 0.6 is 31.9 Å². The number of nitrogens with zero attached hydrogens (tertiary/aromatic N) is 1. The number of carbonyl (C=O) groups is 2. The van der Waals surface area contributed by atoms with Crippen LogP contribution in [-0.2, 0) is 18.3 Å². The average molecular weight is 401 g/mol. The number of carboxylic acids is 1. The molecule has 6 heteroatoms. The number of halogens is 2. The number of ketones is 1. The van der Waals surface area contributed by atoms with Gasteiger partial charge >= 0.3 is 5.97 Å². The van der Waals surface area contributed by atoms with Crippen LogP contribution in [0.15, 0.2) is 39.3 Å². The monoisotopic (exact) mass is 399 g/mol. The molecule has 4 nitrogen and oxygen atoms in total. The summed E-state index contributed by atoms with van der Waals surface area (Å²) in [7, 11) is 1.69. The highest BCUT2D eigenvalue weighted by molar-refractivity contribution is 9.10. The fraction of sp³-hybridized carbons (Fsp3) is 0.143. The average Bonchev–Trinajstić information content (AvgIpc) is 2.66. The molecule has 0 bridgehead atoms. The Morgan fingerprint density at radius 1 is 1.20 bits per heavy atom. The van der Waals surface area contributed by atoms with Gasteiger partial charge in [-0.2, -0.15) is 0 Å². The molecule has 0 unspecified atom stereocenters. The molecule has 0 spiro atoms. The number of hydrogen-bond acceptors (Lipinski definition) is 2. The Labute approximate surface area is 132 Å². The molecule has 0 fully saturated rings. The lowest BCUT2D eigenvalue weighted by atomic mass is 10.1. The van der Waals surface area contributed by atoms with Crippen molar-refractivity contribution in [2.45, 2.75) is 6.42 Å². The Morgan fingerprint density at radius 3 is 2.35 bits per heavy atom. The number of aliphatic carboxylic acids is 1. The number of carboxylic acid groups (broad SMARTS) is 1. The van der Waals surface area contributed by atoms with E-state index in [1.165, 1.54) is 0 Å². The quantitative estimate of drug-likeness (QED) is 0.800. The Kier molecular flexibility index (Phi) is 4.45. The van der Waals surface area contributed by atoms with Gasteiger partial charge in [-0.15, -0.1) is 0 Å². The summed E-state index contributed by atoms with van der Waals surface area (Å²) >= 11 is 6.62. The standard InChI is InChI=1S/C14H11Br2NO3/c1-17-11(7-13(18)19)10(16)6-12(17)14(20)8-2-4-9(15)5-3-8/h2-6H,7H2,1H3,(H,18,19). The van der Waals surface area contributed by atoms with E-state index in [1.54, 1.807) is 41.9 Å². The van der Waals surface area contributed by atoms with E-state index in [0.29, 0.717) is 21.4 Å². The van der Waals surface area contributed by atoms with Crippen LogP contribution in [0.3, 0.4) is 0 Å². The zero-order valence-corrected chi connectivity index (χ0v) is 13.7. The Bertz CT molecular complexity index is 674. The van der Waals surface area contributed by atoms with E-state index < -0.39 is 5.97 Å². The maximum absolute atomic E-state index is 12.4. The van der Waals surface area contributed by atoms with Crippen molar-refractivity contribution in [3.05, 3.63) is 56.2 Å². The van der Waals surface area contributed by atoms with Crippen LogP contribution in [-0.4, -0.2) is 21.4 Å². The van der Waals surface area contributed by atoms with Crippen molar-refractivity contribution in [1.29, 1.82) is 0 Å². The second-order valence-electron chi connectivity index (χ2n) is 4.29. The van der Waals surface area contributed by atoms with Crippen LogP contribution in [0.25, 0.3) is 0 Å². The number of aromatic nitrogens is 1. The zero-order chi connectivity index (χ0) is 14.9. The van der Waals surface area contributed by atoms with Crippen molar-refractivity contribution in [3.8, 4) is 0 Å². The molecule has 1 heterocycles. The molecule has 1 N–H and O–H groups in total. The first kappa shape index (κ1) is 15.0. The molecule has 2 aromatic rings. The molecule has 0 amide bonds. The van der Waals surface area contributed by atoms with Gasteiger partial charge in [-0.1, -0.05) is 15.9 Å². The second kappa shape index (κ2) is 5.93. The summed E-state index contributed by atoms with van der Waals surface area (Å²) in [6.45, 7) is 0. The molecule has 0 aliphatic rings. The molecule has 0 aliphatic carbocycles. The van der Waals surface area contributed by atoms with Gasteiger partial charge in [0.2, 0.25) is 5.78 Å². The summed E-state index contributed by atoms with van der Waals surface area (Å²) in [5.41, 5.74) is 1.58. The predicted molar refractivity (Wildman–Crippen MR) is 82.0 cm³/mol. The molecule has 0 saturated carbocycles. The molecule has 0 radical (unpaired) electrons. The Balaban J connectivity index is 2.40. The van der Waals surface area contributed by atoms with E-state index in [9.17, 15) is 9.59 Å². The number of hydrogen-bond donors (Lipinski definition) is 1. The lowest BCUT2D eigenvalue weighted by molar-refractivity contribution is -0.136. The fourth-order valence-corrected chi connectivity index (χ4v) is 2.81. The van der Waals surface area contributed by atoms with Crippen LogP contribution in [0.5, 0.6) is 0 Å². The summed E-state index contributed by atoms with van der Waals surface area (Å²) < 4.78 is 3.14. The van der Waals surface area contributed by atoms with Crippen molar-refractivity contribution >= 4 is 43.6 Å². The SMILES string of the molecule is Cn1c(C(=O)c2ccc(Br)cc2)cc(Br)c1CC(=O)O. The van der Waals surface area contributed by atoms with Crippen molar-refractivity contribution in [3.63, 3.8) is 0 Å². The molecule has 0 aliphatic heterocycles. The fourth-order valence-electron chi connectivity index (χ4n) is 1.92. The molecule has 0 atom stereocenters. The minimum Gasteiger partial charge on any atom is -0.481 e. The van der Waals surface area contributed by atoms with Crippen LogP contribution in [0.1, 0.15) is 21.7 Å². The van der Waals surface area contributed by atoms with Crippen LogP contribution in [0.2, 0.25) is 0 Å². The van der Waals surface area contributed by atoms with Crippen molar-refractivity contribution in [2.75, 3.05) is 0 Å². The van der Waals surface area contributed by atoms with Crippen LogP contribution in [0, 0.1) is 0 Å². The van der Waals surface area contributed by atoms with E-state index in [4.69, 9.17) is 5.11 Å². The highest BCUT2D eigenvalue weighted by atomic mass is 79.9.